The van der Waals surface area contributed by atoms with E-state index in [9.17, 15) is 0 Å². The molecule has 2 aliphatic heterocycles. The van der Waals surface area contributed by atoms with E-state index in [0.717, 1.165) is 26.2 Å². The molecule has 0 unspecified atom stereocenters. The Hall–Kier alpha value is -0.160. The lowest BCUT2D eigenvalue weighted by Crippen LogP contribution is -2.58. The predicted molar refractivity (Wildman–Crippen MR) is 67.6 cm³/mol. The Bertz CT molecular complexity index is 167. The number of piperazine rings is 2. The summed E-state index contributed by atoms with van der Waals surface area (Å²) in [5, 5.41) is 6.88. The summed E-state index contributed by atoms with van der Waals surface area (Å²) in [6.45, 7) is 11.8. The molecule has 2 fully saturated rings. The molecule has 0 amide bonds. The lowest BCUT2D eigenvalue weighted by Gasteiger charge is -2.43. The maximum Gasteiger partial charge on any atom is 0.0624 e. The van der Waals surface area contributed by atoms with Crippen LogP contribution in [0.3, 0.4) is 0 Å². The second-order valence-electron chi connectivity index (χ2n) is 4.84. The molecule has 2 rings (SSSR count). The Kier molecular flexibility index (Phi) is 5.03. The van der Waals surface area contributed by atoms with E-state index < -0.39 is 0 Å². The first-order valence-corrected chi connectivity index (χ1v) is 6.81. The summed E-state index contributed by atoms with van der Waals surface area (Å²) in [6, 6.07) is 0. The van der Waals surface area contributed by atoms with Gasteiger partial charge in [0, 0.05) is 52.4 Å². The van der Waals surface area contributed by atoms with E-state index in [1.807, 2.05) is 0 Å². The summed E-state index contributed by atoms with van der Waals surface area (Å²) < 4.78 is 0. The summed E-state index contributed by atoms with van der Waals surface area (Å²) in [6.07, 6.45) is 3.30. The van der Waals surface area contributed by atoms with Crippen molar-refractivity contribution in [3.05, 3.63) is 0 Å². The number of nitrogens with one attached hydrogen (secondary N) is 2. The SMILES string of the molecule is CCCC(N1CCNCC1)N1CCNCC1. The molecule has 0 bridgehead atoms. The summed E-state index contributed by atoms with van der Waals surface area (Å²) in [7, 11) is 0. The minimum Gasteiger partial charge on any atom is -0.314 e. The molecular formula is C12H26N4. The van der Waals surface area contributed by atoms with Crippen molar-refractivity contribution in [2.45, 2.75) is 25.9 Å². The first-order chi connectivity index (χ1) is 7.92. The van der Waals surface area contributed by atoms with Crippen molar-refractivity contribution in [1.29, 1.82) is 0 Å². The largest absolute Gasteiger partial charge is 0.314 e. The quantitative estimate of drug-likeness (QED) is 0.702. The minimum absolute atomic E-state index is 0.689. The molecule has 2 N–H and O–H groups in total. The van der Waals surface area contributed by atoms with Crippen LogP contribution in [0, 0.1) is 0 Å². The molecular weight excluding hydrogens is 200 g/mol. The Labute approximate surface area is 99.4 Å². The van der Waals surface area contributed by atoms with Gasteiger partial charge in [0.15, 0.2) is 0 Å². The van der Waals surface area contributed by atoms with Crippen LogP contribution in [-0.2, 0) is 0 Å². The van der Waals surface area contributed by atoms with E-state index in [4.69, 9.17) is 0 Å². The van der Waals surface area contributed by atoms with Crippen LogP contribution < -0.4 is 10.6 Å². The van der Waals surface area contributed by atoms with Crippen LogP contribution in [0.25, 0.3) is 0 Å². The zero-order valence-corrected chi connectivity index (χ0v) is 10.5. The third kappa shape index (κ3) is 3.17. The number of hydrogen-bond acceptors (Lipinski definition) is 4. The Morgan fingerprint density at radius 2 is 1.31 bits per heavy atom. The molecule has 0 spiro atoms. The minimum atomic E-state index is 0.689. The Morgan fingerprint density at radius 1 is 0.875 bits per heavy atom. The van der Waals surface area contributed by atoms with Crippen LogP contribution in [0.15, 0.2) is 0 Å². The summed E-state index contributed by atoms with van der Waals surface area (Å²) in [4.78, 5) is 5.34. The van der Waals surface area contributed by atoms with Crippen molar-refractivity contribution in [1.82, 2.24) is 20.4 Å². The molecule has 0 aromatic carbocycles. The fourth-order valence-electron chi connectivity index (χ4n) is 2.81. The Morgan fingerprint density at radius 3 is 1.69 bits per heavy atom. The third-order valence-electron chi connectivity index (χ3n) is 3.69. The van der Waals surface area contributed by atoms with Gasteiger partial charge in [-0.1, -0.05) is 13.3 Å². The highest BCUT2D eigenvalue weighted by atomic mass is 15.4. The van der Waals surface area contributed by atoms with Crippen LogP contribution in [0.4, 0.5) is 0 Å². The molecule has 94 valence electrons. The maximum atomic E-state index is 3.44. The molecule has 0 radical (unpaired) electrons. The molecule has 0 aromatic rings. The van der Waals surface area contributed by atoms with E-state index in [-0.39, 0.29) is 0 Å². The molecule has 2 aliphatic rings. The second-order valence-corrected chi connectivity index (χ2v) is 4.84. The molecule has 2 heterocycles. The van der Waals surface area contributed by atoms with Gasteiger partial charge in [-0.3, -0.25) is 9.80 Å². The fraction of sp³-hybridized carbons (Fsp3) is 1.00. The predicted octanol–water partition coefficient (Wildman–Crippen LogP) is -0.0770. The van der Waals surface area contributed by atoms with Crippen LogP contribution in [0.5, 0.6) is 0 Å². The standard InChI is InChI=1S/C12H26N4/c1-2-3-12(15-8-4-13-5-9-15)16-10-6-14-7-11-16/h12-14H,2-11H2,1H3. The van der Waals surface area contributed by atoms with Crippen LogP contribution >= 0.6 is 0 Å². The van der Waals surface area contributed by atoms with Gasteiger partial charge in [-0.25, -0.2) is 0 Å². The van der Waals surface area contributed by atoms with E-state index in [0.29, 0.717) is 6.17 Å². The Balaban J connectivity index is 1.91. The number of nitrogens with zero attached hydrogens (tertiary/aromatic N) is 2. The van der Waals surface area contributed by atoms with Crippen molar-refractivity contribution >= 4 is 0 Å². The molecule has 4 heteroatoms. The highest BCUT2D eigenvalue weighted by Gasteiger charge is 2.26. The van der Waals surface area contributed by atoms with Crippen LogP contribution in [-0.4, -0.2) is 68.3 Å². The normalized spacial score (nSPS) is 25.1. The first-order valence-electron chi connectivity index (χ1n) is 6.81. The van der Waals surface area contributed by atoms with Gasteiger partial charge in [0.05, 0.1) is 6.17 Å². The molecule has 0 saturated carbocycles. The van der Waals surface area contributed by atoms with Crippen molar-refractivity contribution in [2.75, 3.05) is 52.4 Å². The second kappa shape index (κ2) is 6.55. The van der Waals surface area contributed by atoms with Crippen molar-refractivity contribution in [2.24, 2.45) is 0 Å². The lowest BCUT2D eigenvalue weighted by molar-refractivity contribution is 0.0197. The highest BCUT2D eigenvalue weighted by molar-refractivity contribution is 4.80. The molecule has 2 saturated heterocycles. The van der Waals surface area contributed by atoms with E-state index in [1.165, 1.54) is 39.0 Å². The molecule has 16 heavy (non-hydrogen) atoms. The zero-order chi connectivity index (χ0) is 11.2. The van der Waals surface area contributed by atoms with Gasteiger partial charge in [-0.15, -0.1) is 0 Å². The number of hydrogen-bond donors (Lipinski definition) is 2. The first kappa shape index (κ1) is 12.3. The van der Waals surface area contributed by atoms with Crippen molar-refractivity contribution < 1.29 is 0 Å². The number of rotatable bonds is 4. The zero-order valence-electron chi connectivity index (χ0n) is 10.5. The molecule has 0 atom stereocenters. The van der Waals surface area contributed by atoms with E-state index in [1.54, 1.807) is 0 Å². The highest BCUT2D eigenvalue weighted by Crippen LogP contribution is 2.14. The smallest absolute Gasteiger partial charge is 0.0624 e. The van der Waals surface area contributed by atoms with Gasteiger partial charge in [0.2, 0.25) is 0 Å². The van der Waals surface area contributed by atoms with Crippen molar-refractivity contribution in [3.63, 3.8) is 0 Å². The monoisotopic (exact) mass is 226 g/mol. The van der Waals surface area contributed by atoms with Gasteiger partial charge in [0.25, 0.3) is 0 Å². The third-order valence-corrected chi connectivity index (χ3v) is 3.69. The van der Waals surface area contributed by atoms with Crippen LogP contribution in [0.1, 0.15) is 19.8 Å². The summed E-state index contributed by atoms with van der Waals surface area (Å²) >= 11 is 0. The topological polar surface area (TPSA) is 30.5 Å². The van der Waals surface area contributed by atoms with Crippen LogP contribution in [0.2, 0.25) is 0 Å². The molecule has 0 aromatic heterocycles. The van der Waals surface area contributed by atoms with Gasteiger partial charge >= 0.3 is 0 Å². The molecule has 0 aliphatic carbocycles. The average molecular weight is 226 g/mol. The maximum absolute atomic E-state index is 3.44. The van der Waals surface area contributed by atoms with Gasteiger partial charge < -0.3 is 10.6 Å². The summed E-state index contributed by atoms with van der Waals surface area (Å²) in [5.41, 5.74) is 0. The van der Waals surface area contributed by atoms with E-state index >= 15 is 0 Å². The average Bonchev–Trinajstić information content (AvgIpc) is 2.38. The van der Waals surface area contributed by atoms with Gasteiger partial charge in [-0.2, -0.15) is 0 Å². The van der Waals surface area contributed by atoms with Crippen molar-refractivity contribution in [3.8, 4) is 0 Å². The summed E-state index contributed by atoms with van der Waals surface area (Å²) in [5.74, 6) is 0. The molecule has 4 nitrogen and oxygen atoms in total. The van der Waals surface area contributed by atoms with Gasteiger partial charge in [-0.05, 0) is 6.42 Å². The fourth-order valence-corrected chi connectivity index (χ4v) is 2.81. The van der Waals surface area contributed by atoms with E-state index in [2.05, 4.69) is 27.4 Å². The lowest BCUT2D eigenvalue weighted by atomic mass is 10.1. The van der Waals surface area contributed by atoms with Gasteiger partial charge in [0.1, 0.15) is 0 Å².